The van der Waals surface area contributed by atoms with Crippen LogP contribution in [0.4, 0.5) is 5.69 Å². The molecule has 7 heteroatoms. The Morgan fingerprint density at radius 1 is 1.13 bits per heavy atom. The average molecular weight is 525 g/mol. The zero-order valence-electron chi connectivity index (χ0n) is 21.7. The molecule has 1 aliphatic carbocycles. The van der Waals surface area contributed by atoms with Crippen molar-refractivity contribution in [3.63, 3.8) is 0 Å². The van der Waals surface area contributed by atoms with Crippen molar-refractivity contribution in [1.29, 1.82) is 5.26 Å². The van der Waals surface area contributed by atoms with Crippen molar-refractivity contribution in [2.45, 2.75) is 52.6 Å². The molecule has 3 aromatic rings. The third-order valence-corrected chi connectivity index (χ3v) is 7.61. The van der Waals surface area contributed by atoms with Gasteiger partial charge in [-0.2, -0.15) is 5.26 Å². The molecule has 0 radical (unpaired) electrons. The van der Waals surface area contributed by atoms with Crippen LogP contribution < -0.4 is 15.4 Å². The Morgan fingerprint density at radius 3 is 2.61 bits per heavy atom. The third kappa shape index (κ3) is 4.55. The van der Waals surface area contributed by atoms with Crippen LogP contribution in [0.2, 0.25) is 5.15 Å². The van der Waals surface area contributed by atoms with Gasteiger partial charge in [0.15, 0.2) is 10.9 Å². The Kier molecular flexibility index (Phi) is 6.96. The minimum Gasteiger partial charge on any atom is -0.489 e. The van der Waals surface area contributed by atoms with Gasteiger partial charge in [-0.25, -0.2) is 4.98 Å². The number of aromatic nitrogens is 1. The molecule has 192 valence electrons. The number of benzene rings is 2. The molecular formula is C31H29ClN4O2. The molecular weight excluding hydrogens is 496 g/mol. The molecule has 1 unspecified atom stereocenters. The normalized spacial score (nSPS) is 17.4. The number of carbonyl (C=O) groups is 1. The summed E-state index contributed by atoms with van der Waals surface area (Å²) in [5, 5.41) is 10.6. The lowest BCUT2D eigenvalue weighted by Crippen LogP contribution is -2.39. The molecule has 0 saturated carbocycles. The number of allylic oxidation sites excluding steroid dienone is 3. The highest BCUT2D eigenvalue weighted by molar-refractivity contribution is 6.32. The highest BCUT2D eigenvalue weighted by Crippen LogP contribution is 2.48. The van der Waals surface area contributed by atoms with Gasteiger partial charge < -0.3 is 10.5 Å². The van der Waals surface area contributed by atoms with Crippen LogP contribution in [0.5, 0.6) is 5.75 Å². The highest BCUT2D eigenvalue weighted by atomic mass is 35.5. The van der Waals surface area contributed by atoms with E-state index in [0.717, 1.165) is 33.7 Å². The van der Waals surface area contributed by atoms with Gasteiger partial charge in [0, 0.05) is 23.9 Å². The van der Waals surface area contributed by atoms with Crippen LogP contribution in [0.3, 0.4) is 0 Å². The van der Waals surface area contributed by atoms with Gasteiger partial charge in [0.1, 0.15) is 18.2 Å². The first-order chi connectivity index (χ1) is 18.3. The van der Waals surface area contributed by atoms with Gasteiger partial charge in [-0.1, -0.05) is 47.0 Å². The van der Waals surface area contributed by atoms with E-state index in [1.165, 1.54) is 5.56 Å². The van der Waals surface area contributed by atoms with Crippen LogP contribution >= 0.6 is 11.6 Å². The maximum absolute atomic E-state index is 13.5. The topological polar surface area (TPSA) is 92.2 Å². The van der Waals surface area contributed by atoms with E-state index in [1.54, 1.807) is 23.2 Å². The number of aryl methyl sites for hydroxylation is 2. The average Bonchev–Trinajstić information content (AvgIpc) is 2.90. The Hall–Kier alpha value is -4.08. The Morgan fingerprint density at radius 2 is 1.89 bits per heavy atom. The second-order valence-electron chi connectivity index (χ2n) is 9.87. The molecule has 6 nitrogen and oxygen atoms in total. The summed E-state index contributed by atoms with van der Waals surface area (Å²) >= 11 is 6.46. The van der Waals surface area contributed by atoms with Gasteiger partial charge in [0.05, 0.1) is 23.2 Å². The number of anilines is 1. The number of nitrogens with two attached hydrogens (primary N) is 1. The van der Waals surface area contributed by atoms with E-state index >= 15 is 0 Å². The molecule has 0 spiro atoms. The first kappa shape index (κ1) is 25.6. The fourth-order valence-electron chi connectivity index (χ4n) is 5.43. The first-order valence-corrected chi connectivity index (χ1v) is 13.0. The van der Waals surface area contributed by atoms with E-state index in [-0.39, 0.29) is 16.8 Å². The van der Waals surface area contributed by atoms with Crippen LogP contribution in [-0.2, 0) is 11.4 Å². The summed E-state index contributed by atoms with van der Waals surface area (Å²) in [6, 6.07) is 18.0. The van der Waals surface area contributed by atoms with E-state index < -0.39 is 5.92 Å². The van der Waals surface area contributed by atoms with Crippen molar-refractivity contribution < 1.29 is 9.53 Å². The largest absolute Gasteiger partial charge is 0.489 e. The number of nitriles is 1. The predicted octanol–water partition coefficient (Wildman–Crippen LogP) is 6.54. The number of ether oxygens (including phenoxy) is 1. The Bertz CT molecular complexity index is 1530. The summed E-state index contributed by atoms with van der Waals surface area (Å²) in [4.78, 5) is 19.5. The molecule has 1 atom stereocenters. The van der Waals surface area contributed by atoms with Crippen molar-refractivity contribution in [1.82, 2.24) is 4.98 Å². The van der Waals surface area contributed by atoms with Crippen molar-refractivity contribution in [3.05, 3.63) is 110 Å². The summed E-state index contributed by atoms with van der Waals surface area (Å²) in [5.41, 5.74) is 14.1. The molecule has 2 heterocycles. The lowest BCUT2D eigenvalue weighted by atomic mass is 9.73. The lowest BCUT2D eigenvalue weighted by Gasteiger charge is -2.40. The number of hydrogen-bond acceptors (Lipinski definition) is 6. The molecule has 2 N–H and O–H groups in total. The summed E-state index contributed by atoms with van der Waals surface area (Å²) in [6.45, 7) is 6.44. The zero-order valence-corrected chi connectivity index (χ0v) is 22.5. The van der Waals surface area contributed by atoms with E-state index in [4.69, 9.17) is 22.1 Å². The van der Waals surface area contributed by atoms with Crippen molar-refractivity contribution in [2.75, 3.05) is 4.90 Å². The minimum absolute atomic E-state index is 0.0277. The summed E-state index contributed by atoms with van der Waals surface area (Å²) in [7, 11) is 0. The molecule has 1 aliphatic heterocycles. The van der Waals surface area contributed by atoms with Crippen LogP contribution in [0.1, 0.15) is 53.0 Å². The molecule has 0 fully saturated rings. The third-order valence-electron chi connectivity index (χ3n) is 7.32. The smallest absolute Gasteiger partial charge is 0.161 e. The number of hydrogen-bond donors (Lipinski definition) is 1. The van der Waals surface area contributed by atoms with E-state index in [9.17, 15) is 10.1 Å². The number of nitrogens with zero attached hydrogens (tertiary/aromatic N) is 3. The molecule has 38 heavy (non-hydrogen) atoms. The van der Waals surface area contributed by atoms with Gasteiger partial charge in [0.2, 0.25) is 0 Å². The van der Waals surface area contributed by atoms with Crippen LogP contribution in [0.25, 0.3) is 0 Å². The van der Waals surface area contributed by atoms with E-state index in [1.807, 2.05) is 45.0 Å². The van der Waals surface area contributed by atoms with Gasteiger partial charge in [-0.3, -0.25) is 9.69 Å². The van der Waals surface area contributed by atoms with E-state index in [0.29, 0.717) is 42.7 Å². The zero-order chi connectivity index (χ0) is 27.0. The number of rotatable bonds is 5. The summed E-state index contributed by atoms with van der Waals surface area (Å²) in [5.74, 6) is 0.528. The molecule has 0 saturated heterocycles. The molecule has 5 rings (SSSR count). The SMILES string of the molecule is Cc1ccc(OCc2cc(C)cc(C3C(C#N)=C(N)N(c4cccnc4Cl)C4=C3C(=O)CCC4)c2C)cc1. The number of Topliss-reactive ketones (excluding diaryl/α,β-unsaturated/α-hetero) is 1. The van der Waals surface area contributed by atoms with Crippen LogP contribution in [0, 0.1) is 32.1 Å². The van der Waals surface area contributed by atoms with Crippen molar-refractivity contribution in [3.8, 4) is 11.8 Å². The quantitative estimate of drug-likeness (QED) is 0.381. The van der Waals surface area contributed by atoms with E-state index in [2.05, 4.69) is 23.2 Å². The number of carbonyl (C=O) groups excluding carboxylic acids is 1. The van der Waals surface area contributed by atoms with Crippen LogP contribution in [-0.4, -0.2) is 10.8 Å². The van der Waals surface area contributed by atoms with Gasteiger partial charge >= 0.3 is 0 Å². The fourth-order valence-corrected chi connectivity index (χ4v) is 5.63. The molecule has 0 bridgehead atoms. The Balaban J connectivity index is 1.64. The number of pyridine rings is 1. The predicted molar refractivity (Wildman–Crippen MR) is 149 cm³/mol. The first-order valence-electron chi connectivity index (χ1n) is 12.7. The van der Waals surface area contributed by atoms with Gasteiger partial charge in [0.25, 0.3) is 0 Å². The second-order valence-corrected chi connectivity index (χ2v) is 10.2. The fraction of sp³-hybridized carbons (Fsp3) is 0.258. The molecule has 0 amide bonds. The van der Waals surface area contributed by atoms with Gasteiger partial charge in [-0.15, -0.1) is 0 Å². The maximum atomic E-state index is 13.5. The lowest BCUT2D eigenvalue weighted by molar-refractivity contribution is -0.116. The monoisotopic (exact) mass is 524 g/mol. The maximum Gasteiger partial charge on any atom is 0.161 e. The Labute approximate surface area is 228 Å². The standard InChI is InChI=1S/C31H29ClN4O2/c1-18-9-11-22(12-10-18)38-17-21-14-19(2)15-23(20(21)3)28-24(16-33)31(34)36(26-7-5-13-35-30(26)32)25-6-4-8-27(37)29(25)28/h5,7,9-15,28H,4,6,8,17,34H2,1-3H3. The highest BCUT2D eigenvalue weighted by Gasteiger charge is 2.41. The molecule has 2 aromatic carbocycles. The number of ketones is 1. The molecule has 2 aliphatic rings. The van der Waals surface area contributed by atoms with Gasteiger partial charge in [-0.05, 0) is 74.6 Å². The van der Waals surface area contributed by atoms with Crippen molar-refractivity contribution in [2.24, 2.45) is 5.73 Å². The minimum atomic E-state index is -0.562. The second kappa shape index (κ2) is 10.4. The van der Waals surface area contributed by atoms with Crippen molar-refractivity contribution >= 4 is 23.1 Å². The van der Waals surface area contributed by atoms with Crippen LogP contribution in [0.15, 0.2) is 77.4 Å². The summed E-state index contributed by atoms with van der Waals surface area (Å²) < 4.78 is 6.10. The summed E-state index contributed by atoms with van der Waals surface area (Å²) in [6.07, 6.45) is 3.38. The number of halogens is 1. The molecule has 1 aromatic heterocycles.